The molecule has 2 fully saturated rings. The van der Waals surface area contributed by atoms with Crippen LogP contribution < -0.4 is 0 Å². The predicted octanol–water partition coefficient (Wildman–Crippen LogP) is 2.54. The Labute approximate surface area is 190 Å². The first-order valence-electron chi connectivity index (χ1n) is 10.4. The van der Waals surface area contributed by atoms with Gasteiger partial charge < -0.3 is 9.47 Å². The average molecular weight is 474 g/mol. The molecule has 2 aliphatic heterocycles. The Morgan fingerprint density at radius 3 is 2.33 bits per heavy atom. The quantitative estimate of drug-likeness (QED) is 0.354. The predicted molar refractivity (Wildman–Crippen MR) is 115 cm³/mol. The molecule has 2 aromatic carbocycles. The Kier molecular flexibility index (Phi) is 6.17. The van der Waals surface area contributed by atoms with Gasteiger partial charge in [0.2, 0.25) is 10.0 Å². The van der Waals surface area contributed by atoms with Crippen molar-refractivity contribution in [2.24, 2.45) is 5.92 Å². The summed E-state index contributed by atoms with van der Waals surface area (Å²) >= 11 is 0. The first kappa shape index (κ1) is 22.9. The molecule has 4 atom stereocenters. The van der Waals surface area contributed by atoms with Crippen LogP contribution in [0.5, 0.6) is 0 Å². The maximum Gasteiger partial charge on any atom is 0.338 e. The van der Waals surface area contributed by atoms with E-state index < -0.39 is 51.0 Å². The molecule has 2 bridgehead atoms. The van der Waals surface area contributed by atoms with Crippen LogP contribution in [0.3, 0.4) is 0 Å². The van der Waals surface area contributed by atoms with Crippen molar-refractivity contribution >= 4 is 27.6 Å². The molecular formula is C22H22N2O8S. The molecule has 4 rings (SSSR count). The zero-order chi connectivity index (χ0) is 23.8. The Balaban J connectivity index is 1.63. The van der Waals surface area contributed by atoms with Gasteiger partial charge in [-0.3, -0.25) is 14.9 Å². The number of carbonyl (C=O) groups excluding carboxylic acids is 2. The number of piperidine rings is 1. The number of methoxy groups -OCH3 is 1. The molecule has 11 heteroatoms. The molecule has 2 aromatic rings. The minimum atomic E-state index is -4.06. The number of esters is 2. The summed E-state index contributed by atoms with van der Waals surface area (Å²) in [6.07, 6.45) is 0.187. The first-order chi connectivity index (χ1) is 15.7. The molecule has 0 aliphatic carbocycles. The average Bonchev–Trinajstić information content (AvgIpc) is 3.15. The van der Waals surface area contributed by atoms with Gasteiger partial charge in [-0.05, 0) is 37.1 Å². The van der Waals surface area contributed by atoms with Gasteiger partial charge in [0.15, 0.2) is 0 Å². The monoisotopic (exact) mass is 474 g/mol. The van der Waals surface area contributed by atoms with Crippen LogP contribution in [-0.4, -0.2) is 54.9 Å². The maximum absolute atomic E-state index is 13.4. The largest absolute Gasteiger partial charge is 0.469 e. The fraction of sp³-hybridized carbons (Fsp3) is 0.364. The number of rotatable bonds is 6. The van der Waals surface area contributed by atoms with Gasteiger partial charge in [-0.15, -0.1) is 0 Å². The number of nitrogens with zero attached hydrogens (tertiary/aromatic N) is 2. The lowest BCUT2D eigenvalue weighted by Gasteiger charge is -2.41. The number of benzene rings is 2. The second-order valence-electron chi connectivity index (χ2n) is 7.98. The van der Waals surface area contributed by atoms with E-state index >= 15 is 0 Å². The summed E-state index contributed by atoms with van der Waals surface area (Å²) in [6, 6.07) is 11.7. The van der Waals surface area contributed by atoms with E-state index in [0.717, 1.165) is 12.1 Å². The zero-order valence-electron chi connectivity index (χ0n) is 17.7. The van der Waals surface area contributed by atoms with E-state index in [1.54, 1.807) is 30.3 Å². The van der Waals surface area contributed by atoms with Gasteiger partial charge >= 0.3 is 11.9 Å². The molecule has 2 unspecified atom stereocenters. The van der Waals surface area contributed by atoms with E-state index in [1.165, 1.54) is 23.5 Å². The number of nitro benzene ring substituents is 1. The molecule has 0 amide bonds. The molecule has 33 heavy (non-hydrogen) atoms. The third-order valence-corrected chi connectivity index (χ3v) is 8.16. The number of carbonyl (C=O) groups is 2. The third-order valence-electron chi connectivity index (χ3n) is 6.17. The number of hydrogen-bond acceptors (Lipinski definition) is 8. The second-order valence-corrected chi connectivity index (χ2v) is 9.82. The Hall–Kier alpha value is -3.31. The summed E-state index contributed by atoms with van der Waals surface area (Å²) in [7, 11) is -2.85. The van der Waals surface area contributed by atoms with Crippen LogP contribution in [0.15, 0.2) is 59.5 Å². The molecule has 2 heterocycles. The van der Waals surface area contributed by atoms with Crippen molar-refractivity contribution in [3.8, 4) is 0 Å². The van der Waals surface area contributed by atoms with Crippen molar-refractivity contribution < 1.29 is 32.4 Å². The van der Waals surface area contributed by atoms with Crippen molar-refractivity contribution in [2.45, 2.75) is 42.3 Å². The van der Waals surface area contributed by atoms with Crippen LogP contribution in [0, 0.1) is 16.0 Å². The van der Waals surface area contributed by atoms with Gasteiger partial charge in [0.05, 0.1) is 22.5 Å². The molecule has 174 valence electrons. The lowest BCUT2D eigenvalue weighted by molar-refractivity contribution is -0.384. The fourth-order valence-corrected chi connectivity index (χ4v) is 6.59. The van der Waals surface area contributed by atoms with E-state index in [-0.39, 0.29) is 17.0 Å². The molecule has 0 aromatic heterocycles. The molecule has 2 saturated heterocycles. The molecule has 0 N–H and O–H groups in total. The third kappa shape index (κ3) is 4.21. The molecule has 0 spiro atoms. The van der Waals surface area contributed by atoms with Crippen molar-refractivity contribution in [3.05, 3.63) is 70.3 Å². The normalized spacial score (nSPS) is 24.8. The highest BCUT2D eigenvalue weighted by Gasteiger charge is 2.56. The van der Waals surface area contributed by atoms with Crippen molar-refractivity contribution in [1.82, 2.24) is 4.31 Å². The van der Waals surface area contributed by atoms with Crippen LogP contribution in [0.25, 0.3) is 0 Å². The van der Waals surface area contributed by atoms with Crippen LogP contribution in [0.2, 0.25) is 0 Å². The first-order valence-corrected chi connectivity index (χ1v) is 11.8. The summed E-state index contributed by atoms with van der Waals surface area (Å²) in [5, 5.41) is 10.9. The smallest absolute Gasteiger partial charge is 0.338 e. The number of nitro groups is 1. The van der Waals surface area contributed by atoms with Gasteiger partial charge in [-0.1, -0.05) is 18.2 Å². The van der Waals surface area contributed by atoms with Crippen LogP contribution in [0.1, 0.15) is 29.6 Å². The molecule has 2 aliphatic rings. The number of non-ortho nitro benzene ring substituents is 1. The summed E-state index contributed by atoms with van der Waals surface area (Å²) < 4.78 is 38.8. The number of fused-ring (bicyclic) bond motifs is 2. The number of ether oxygens (including phenoxy) is 2. The van der Waals surface area contributed by atoms with Crippen LogP contribution in [-0.2, 0) is 24.3 Å². The minimum absolute atomic E-state index is 0.103. The van der Waals surface area contributed by atoms with E-state index in [4.69, 9.17) is 9.47 Å². The van der Waals surface area contributed by atoms with E-state index in [9.17, 15) is 28.1 Å². The number of sulfonamides is 1. The van der Waals surface area contributed by atoms with Gasteiger partial charge in [-0.25, -0.2) is 13.2 Å². The Morgan fingerprint density at radius 1 is 1.06 bits per heavy atom. The van der Waals surface area contributed by atoms with E-state index in [2.05, 4.69) is 0 Å². The molecule has 0 radical (unpaired) electrons. The fourth-order valence-electron chi connectivity index (χ4n) is 4.69. The lowest BCUT2D eigenvalue weighted by atomic mass is 9.89. The molecule has 0 saturated carbocycles. The maximum atomic E-state index is 13.4. The topological polar surface area (TPSA) is 133 Å². The highest BCUT2D eigenvalue weighted by Crippen LogP contribution is 2.44. The summed E-state index contributed by atoms with van der Waals surface area (Å²) in [6.45, 7) is 0. The van der Waals surface area contributed by atoms with E-state index in [1.807, 2.05) is 0 Å². The SMILES string of the molecule is COC(=O)[C@@H]1C2CCC(C[C@@H]1OC(=O)c1ccccc1)N2S(=O)(=O)c1ccc([N+](=O)[O-])cc1. The van der Waals surface area contributed by atoms with E-state index in [0.29, 0.717) is 18.4 Å². The van der Waals surface area contributed by atoms with Gasteiger partial charge in [-0.2, -0.15) is 4.31 Å². The van der Waals surface area contributed by atoms with Crippen molar-refractivity contribution in [1.29, 1.82) is 0 Å². The Bertz CT molecular complexity index is 1170. The van der Waals surface area contributed by atoms with Gasteiger partial charge in [0, 0.05) is 30.6 Å². The van der Waals surface area contributed by atoms with Gasteiger partial charge in [0.25, 0.3) is 5.69 Å². The summed E-state index contributed by atoms with van der Waals surface area (Å²) in [4.78, 5) is 35.5. The summed E-state index contributed by atoms with van der Waals surface area (Å²) in [5.41, 5.74) is 0.102. The molecular weight excluding hydrogens is 452 g/mol. The standard InChI is InChI=1S/C22H22N2O8S/c1-31-22(26)20-18-12-9-16(13-19(20)32-21(25)14-5-3-2-4-6-14)23(18)33(29,30)17-10-7-15(8-11-17)24(27)28/h2-8,10-11,16,18-20H,9,12-13H2,1H3/t16?,18?,19-,20+/m0/s1. The zero-order valence-corrected chi connectivity index (χ0v) is 18.5. The minimum Gasteiger partial charge on any atom is -0.469 e. The molecule has 10 nitrogen and oxygen atoms in total. The van der Waals surface area contributed by atoms with Gasteiger partial charge in [0.1, 0.15) is 12.0 Å². The Morgan fingerprint density at radius 2 is 1.73 bits per heavy atom. The van der Waals surface area contributed by atoms with Crippen LogP contribution >= 0.6 is 0 Å². The van der Waals surface area contributed by atoms with Crippen molar-refractivity contribution in [3.63, 3.8) is 0 Å². The highest BCUT2D eigenvalue weighted by atomic mass is 32.2. The van der Waals surface area contributed by atoms with Crippen LogP contribution in [0.4, 0.5) is 5.69 Å². The number of hydrogen-bond donors (Lipinski definition) is 0. The highest BCUT2D eigenvalue weighted by molar-refractivity contribution is 7.89. The van der Waals surface area contributed by atoms with Crippen molar-refractivity contribution in [2.75, 3.05) is 7.11 Å². The summed E-state index contributed by atoms with van der Waals surface area (Å²) in [5.74, 6) is -2.25. The lowest BCUT2D eigenvalue weighted by Crippen LogP contribution is -2.56. The second kappa shape index (κ2) is 8.91.